The predicted molar refractivity (Wildman–Crippen MR) is 95.1 cm³/mol. The quantitative estimate of drug-likeness (QED) is 0.615. The average molecular weight is 352 g/mol. The molecule has 2 bridgehead atoms. The zero-order valence-electron chi connectivity index (χ0n) is 14.5. The largest absolute Gasteiger partial charge is 0.462 e. The smallest absolute Gasteiger partial charge is 0.318 e. The first-order valence-electron chi connectivity index (χ1n) is 8.54. The number of hydrogen-bond donors (Lipinski definition) is 0. The van der Waals surface area contributed by atoms with Crippen LogP contribution in [0.15, 0.2) is 30.3 Å². The number of nitrogens with zero attached hydrogens (tertiary/aromatic N) is 1. The highest BCUT2D eigenvalue weighted by Crippen LogP contribution is 2.43. The molecule has 2 heterocycles. The fourth-order valence-electron chi connectivity index (χ4n) is 4.15. The lowest BCUT2D eigenvalue weighted by atomic mass is 9.87. The second-order valence-corrected chi connectivity index (χ2v) is 6.97. The minimum atomic E-state index is -0.623. The van der Waals surface area contributed by atoms with Gasteiger partial charge in [0.15, 0.2) is 0 Å². The van der Waals surface area contributed by atoms with Crippen molar-refractivity contribution >= 4 is 24.2 Å². The van der Waals surface area contributed by atoms with Gasteiger partial charge in [0.05, 0.1) is 6.10 Å². The molecule has 0 spiro atoms. The average Bonchev–Trinajstić information content (AvgIpc) is 2.81. The first kappa shape index (κ1) is 18.9. The third kappa shape index (κ3) is 3.50. The molecule has 1 unspecified atom stereocenters. The Bertz CT molecular complexity index is 590. The van der Waals surface area contributed by atoms with Crippen LogP contribution in [0.1, 0.15) is 51.6 Å². The van der Waals surface area contributed by atoms with Gasteiger partial charge in [0, 0.05) is 24.5 Å². The van der Waals surface area contributed by atoms with Crippen LogP contribution in [0, 0.1) is 5.92 Å². The third-order valence-electron chi connectivity index (χ3n) is 5.10. The highest BCUT2D eigenvalue weighted by molar-refractivity contribution is 6.01. The van der Waals surface area contributed by atoms with Crippen LogP contribution in [0.5, 0.6) is 0 Å². The SMILES string of the molecule is CC(C)OC(=O)C1C(=O)C[C@H]2CC[C@@H]1N2[C@H](C)c1ccccc1.Cl. The molecule has 0 radical (unpaired) electrons. The number of rotatable bonds is 4. The van der Waals surface area contributed by atoms with Crippen LogP contribution in [0.4, 0.5) is 0 Å². The van der Waals surface area contributed by atoms with Crippen LogP contribution in [0.3, 0.4) is 0 Å². The van der Waals surface area contributed by atoms with Crippen molar-refractivity contribution in [2.75, 3.05) is 0 Å². The summed E-state index contributed by atoms with van der Waals surface area (Å²) < 4.78 is 5.36. The second kappa shape index (κ2) is 7.66. The molecule has 0 aliphatic carbocycles. The monoisotopic (exact) mass is 351 g/mol. The van der Waals surface area contributed by atoms with E-state index in [4.69, 9.17) is 4.74 Å². The van der Waals surface area contributed by atoms with Crippen LogP contribution in [0.25, 0.3) is 0 Å². The number of benzene rings is 1. The third-order valence-corrected chi connectivity index (χ3v) is 5.10. The van der Waals surface area contributed by atoms with Crippen LogP contribution < -0.4 is 0 Å². The standard InChI is InChI=1S/C19H25NO3.ClH/c1-12(2)23-19(22)18-16-10-9-15(11-17(18)21)20(16)13(3)14-7-5-4-6-8-14;/h4-8,12-13,15-16,18H,9-11H2,1-3H3;1H/t13-,15-,16+,18?;/m1./s1. The summed E-state index contributed by atoms with van der Waals surface area (Å²) in [5.41, 5.74) is 1.23. The summed E-state index contributed by atoms with van der Waals surface area (Å²) >= 11 is 0. The molecule has 5 heteroatoms. The summed E-state index contributed by atoms with van der Waals surface area (Å²) in [6, 6.07) is 10.7. The van der Waals surface area contributed by atoms with E-state index in [0.717, 1.165) is 12.8 Å². The van der Waals surface area contributed by atoms with Crippen molar-refractivity contribution in [3.8, 4) is 0 Å². The number of carbonyl (C=O) groups is 2. The van der Waals surface area contributed by atoms with Crippen LogP contribution in [0.2, 0.25) is 0 Å². The van der Waals surface area contributed by atoms with Crippen molar-refractivity contribution in [2.45, 2.75) is 64.3 Å². The van der Waals surface area contributed by atoms with E-state index in [1.807, 2.05) is 32.0 Å². The summed E-state index contributed by atoms with van der Waals surface area (Å²) in [4.78, 5) is 27.3. The Kier molecular flexibility index (Phi) is 6.05. The van der Waals surface area contributed by atoms with Gasteiger partial charge in [0.2, 0.25) is 0 Å². The van der Waals surface area contributed by atoms with Crippen molar-refractivity contribution in [3.63, 3.8) is 0 Å². The van der Waals surface area contributed by atoms with Gasteiger partial charge in [0.25, 0.3) is 0 Å². The molecule has 4 nitrogen and oxygen atoms in total. The van der Waals surface area contributed by atoms with Crippen LogP contribution in [-0.2, 0) is 14.3 Å². The normalized spacial score (nSPS) is 27.7. The Morgan fingerprint density at radius 3 is 2.46 bits per heavy atom. The Morgan fingerprint density at radius 1 is 1.17 bits per heavy atom. The molecule has 0 aromatic heterocycles. The van der Waals surface area contributed by atoms with Crippen molar-refractivity contribution in [1.29, 1.82) is 0 Å². The Balaban J connectivity index is 0.00000208. The van der Waals surface area contributed by atoms with E-state index < -0.39 is 5.92 Å². The number of hydrogen-bond acceptors (Lipinski definition) is 4. The highest BCUT2D eigenvalue weighted by atomic mass is 35.5. The minimum absolute atomic E-state index is 0. The number of piperidine rings is 1. The number of halogens is 1. The van der Waals surface area contributed by atoms with E-state index >= 15 is 0 Å². The molecule has 4 atom stereocenters. The van der Waals surface area contributed by atoms with Gasteiger partial charge in [-0.25, -0.2) is 0 Å². The lowest BCUT2D eigenvalue weighted by Crippen LogP contribution is -2.53. The van der Waals surface area contributed by atoms with Gasteiger partial charge in [-0.3, -0.25) is 14.5 Å². The Labute approximate surface area is 150 Å². The zero-order chi connectivity index (χ0) is 16.6. The minimum Gasteiger partial charge on any atom is -0.462 e. The summed E-state index contributed by atoms with van der Waals surface area (Å²) in [5, 5.41) is 0. The van der Waals surface area contributed by atoms with Gasteiger partial charge in [-0.05, 0) is 39.2 Å². The van der Waals surface area contributed by atoms with E-state index in [-0.39, 0.29) is 48.4 Å². The van der Waals surface area contributed by atoms with Gasteiger partial charge in [0.1, 0.15) is 11.7 Å². The number of ketones is 1. The molecule has 2 saturated heterocycles. The molecule has 2 aliphatic rings. The molecule has 2 aliphatic heterocycles. The second-order valence-electron chi connectivity index (χ2n) is 6.97. The van der Waals surface area contributed by atoms with Crippen molar-refractivity contribution < 1.29 is 14.3 Å². The van der Waals surface area contributed by atoms with Crippen LogP contribution in [-0.4, -0.2) is 34.8 Å². The van der Waals surface area contributed by atoms with Crippen molar-refractivity contribution in [3.05, 3.63) is 35.9 Å². The maximum absolute atomic E-state index is 12.5. The highest BCUT2D eigenvalue weighted by Gasteiger charge is 2.51. The van der Waals surface area contributed by atoms with E-state index in [0.29, 0.717) is 6.42 Å². The summed E-state index contributed by atoms with van der Waals surface area (Å²) in [6.45, 7) is 5.82. The number of fused-ring (bicyclic) bond motifs is 2. The summed E-state index contributed by atoms with van der Waals surface area (Å²) in [7, 11) is 0. The molecular formula is C19H26ClNO3. The van der Waals surface area contributed by atoms with Gasteiger partial charge < -0.3 is 4.74 Å². The Morgan fingerprint density at radius 2 is 1.83 bits per heavy atom. The molecule has 132 valence electrons. The summed E-state index contributed by atoms with van der Waals surface area (Å²) in [6.07, 6.45) is 2.16. The molecule has 24 heavy (non-hydrogen) atoms. The Hall–Kier alpha value is -1.39. The molecule has 0 amide bonds. The molecule has 0 saturated carbocycles. The van der Waals surface area contributed by atoms with E-state index in [1.165, 1.54) is 5.56 Å². The van der Waals surface area contributed by atoms with Crippen LogP contribution >= 0.6 is 12.4 Å². The molecular weight excluding hydrogens is 326 g/mol. The van der Waals surface area contributed by atoms with E-state index in [9.17, 15) is 9.59 Å². The number of ether oxygens (including phenoxy) is 1. The number of carbonyl (C=O) groups excluding carboxylic acids is 2. The van der Waals surface area contributed by atoms with Gasteiger partial charge >= 0.3 is 5.97 Å². The first-order chi connectivity index (χ1) is 11.0. The number of Topliss-reactive ketones (excluding diaryl/α,β-unsaturated/α-hetero) is 1. The first-order valence-corrected chi connectivity index (χ1v) is 8.54. The zero-order valence-corrected chi connectivity index (χ0v) is 15.3. The van der Waals surface area contributed by atoms with E-state index in [2.05, 4.69) is 24.0 Å². The molecule has 0 N–H and O–H groups in total. The van der Waals surface area contributed by atoms with Crippen molar-refractivity contribution in [2.24, 2.45) is 5.92 Å². The molecule has 1 aromatic carbocycles. The van der Waals surface area contributed by atoms with Crippen molar-refractivity contribution in [1.82, 2.24) is 4.90 Å². The topological polar surface area (TPSA) is 46.6 Å². The lowest BCUT2D eigenvalue weighted by molar-refractivity contribution is -0.161. The predicted octanol–water partition coefficient (Wildman–Crippen LogP) is 3.54. The number of esters is 1. The molecule has 2 fully saturated rings. The van der Waals surface area contributed by atoms with E-state index in [1.54, 1.807) is 0 Å². The maximum Gasteiger partial charge on any atom is 0.318 e. The molecule has 3 rings (SSSR count). The van der Waals surface area contributed by atoms with Gasteiger partial charge in [-0.15, -0.1) is 12.4 Å². The van der Waals surface area contributed by atoms with Gasteiger partial charge in [-0.2, -0.15) is 0 Å². The summed E-state index contributed by atoms with van der Waals surface area (Å²) in [5.74, 6) is -0.914. The van der Waals surface area contributed by atoms with Gasteiger partial charge in [-0.1, -0.05) is 30.3 Å². The maximum atomic E-state index is 12.5. The molecule has 1 aromatic rings. The fraction of sp³-hybridized carbons (Fsp3) is 0.579. The fourth-order valence-corrected chi connectivity index (χ4v) is 4.15. The lowest BCUT2D eigenvalue weighted by Gasteiger charge is -2.42.